The summed E-state index contributed by atoms with van der Waals surface area (Å²) in [6.07, 6.45) is -2.18. The minimum atomic E-state index is -1.59. The maximum Gasteiger partial charge on any atom is 0.326 e. The van der Waals surface area contributed by atoms with Crippen molar-refractivity contribution in [3.63, 3.8) is 0 Å². The van der Waals surface area contributed by atoms with Crippen molar-refractivity contribution < 1.29 is 48.9 Å². The topological polar surface area (TPSA) is 268 Å². The number of nitrogens with two attached hydrogens (primary N) is 2. The Bertz CT molecular complexity index is 816. The molecule has 0 aromatic carbocycles. The van der Waals surface area contributed by atoms with E-state index in [-0.39, 0.29) is 12.8 Å². The van der Waals surface area contributed by atoms with Gasteiger partial charge in [-0.2, -0.15) is 0 Å². The Morgan fingerprint density at radius 1 is 0.686 bits per heavy atom. The van der Waals surface area contributed by atoms with Crippen LogP contribution in [0.4, 0.5) is 0 Å². The van der Waals surface area contributed by atoms with Gasteiger partial charge in [0.05, 0.1) is 6.04 Å². The van der Waals surface area contributed by atoms with Crippen molar-refractivity contribution in [1.29, 1.82) is 0 Å². The summed E-state index contributed by atoms with van der Waals surface area (Å²) in [5.41, 5.74) is 10.7. The molecule has 35 heavy (non-hydrogen) atoms. The second kappa shape index (κ2) is 15.2. The molecule has 198 valence electrons. The highest BCUT2D eigenvalue weighted by Crippen LogP contribution is 2.07. The molecule has 4 atom stereocenters. The normalized spacial score (nSPS) is 14.2. The molecule has 0 aliphatic carbocycles. The van der Waals surface area contributed by atoms with Gasteiger partial charge in [-0.05, 0) is 25.2 Å². The zero-order valence-corrected chi connectivity index (χ0v) is 19.5. The van der Waals surface area contributed by atoms with Gasteiger partial charge in [0.2, 0.25) is 23.6 Å². The summed E-state index contributed by atoms with van der Waals surface area (Å²) >= 11 is 0. The molecule has 0 saturated carbocycles. The SMILES string of the molecule is CC(C)C(NC(=O)C(N)CCC(N)=O)C(=O)NC(CCC(=O)O)C(=O)NC(CCC(=O)O)C(=O)O. The van der Waals surface area contributed by atoms with Crippen molar-refractivity contribution in [2.24, 2.45) is 17.4 Å². The summed E-state index contributed by atoms with van der Waals surface area (Å²) in [5.74, 6) is -7.92. The Morgan fingerprint density at radius 3 is 1.60 bits per heavy atom. The number of carbonyl (C=O) groups is 7. The second-order valence-corrected chi connectivity index (χ2v) is 8.17. The average molecular weight is 504 g/mol. The van der Waals surface area contributed by atoms with Crippen LogP contribution in [0.2, 0.25) is 0 Å². The summed E-state index contributed by atoms with van der Waals surface area (Å²) in [6.45, 7) is 3.16. The lowest BCUT2D eigenvalue weighted by molar-refractivity contribution is -0.144. The molecule has 0 aromatic rings. The summed E-state index contributed by atoms with van der Waals surface area (Å²) < 4.78 is 0. The molecule has 0 saturated heterocycles. The van der Waals surface area contributed by atoms with Gasteiger partial charge in [0.15, 0.2) is 0 Å². The third-order valence-electron chi connectivity index (χ3n) is 4.83. The summed E-state index contributed by atoms with van der Waals surface area (Å²) in [7, 11) is 0. The van der Waals surface area contributed by atoms with E-state index in [0.29, 0.717) is 0 Å². The van der Waals surface area contributed by atoms with Crippen LogP contribution >= 0.6 is 0 Å². The van der Waals surface area contributed by atoms with E-state index in [1.54, 1.807) is 13.8 Å². The van der Waals surface area contributed by atoms with E-state index in [4.69, 9.17) is 21.7 Å². The van der Waals surface area contributed by atoms with Crippen LogP contribution < -0.4 is 27.4 Å². The van der Waals surface area contributed by atoms with Crippen molar-refractivity contribution in [3.8, 4) is 0 Å². The van der Waals surface area contributed by atoms with Gasteiger partial charge in [-0.1, -0.05) is 13.8 Å². The van der Waals surface area contributed by atoms with Crippen molar-refractivity contribution in [2.75, 3.05) is 0 Å². The number of carboxylic acid groups (broad SMARTS) is 3. The second-order valence-electron chi connectivity index (χ2n) is 8.17. The molecule has 0 heterocycles. The fraction of sp³-hybridized carbons (Fsp3) is 0.650. The van der Waals surface area contributed by atoms with E-state index in [0.717, 1.165) is 0 Å². The zero-order chi connectivity index (χ0) is 27.3. The van der Waals surface area contributed by atoms with Gasteiger partial charge in [-0.25, -0.2) is 4.79 Å². The maximum absolute atomic E-state index is 12.8. The molecular formula is C20H33N5O10. The van der Waals surface area contributed by atoms with Crippen LogP contribution in [0.15, 0.2) is 0 Å². The lowest BCUT2D eigenvalue weighted by atomic mass is 10.0. The number of amides is 4. The highest BCUT2D eigenvalue weighted by atomic mass is 16.4. The molecule has 0 fully saturated rings. The summed E-state index contributed by atoms with van der Waals surface area (Å²) in [6, 6.07) is -5.43. The summed E-state index contributed by atoms with van der Waals surface area (Å²) in [5, 5.41) is 33.7. The number of nitrogens with one attached hydrogen (secondary N) is 3. The molecule has 10 N–H and O–H groups in total. The van der Waals surface area contributed by atoms with Crippen LogP contribution in [0.25, 0.3) is 0 Å². The highest BCUT2D eigenvalue weighted by molar-refractivity contribution is 5.94. The van der Waals surface area contributed by atoms with Crippen LogP contribution in [-0.2, 0) is 33.6 Å². The Kier molecular flexibility index (Phi) is 13.6. The maximum atomic E-state index is 12.8. The molecule has 0 bridgehead atoms. The lowest BCUT2D eigenvalue weighted by Crippen LogP contribution is -2.58. The number of rotatable bonds is 17. The van der Waals surface area contributed by atoms with Gasteiger partial charge in [0.1, 0.15) is 18.1 Å². The van der Waals surface area contributed by atoms with Crippen molar-refractivity contribution >= 4 is 41.5 Å². The van der Waals surface area contributed by atoms with Gasteiger partial charge < -0.3 is 42.7 Å². The number of aliphatic carboxylic acids is 3. The van der Waals surface area contributed by atoms with Gasteiger partial charge in [0.25, 0.3) is 0 Å². The van der Waals surface area contributed by atoms with E-state index < -0.39 is 97.3 Å². The molecule has 0 radical (unpaired) electrons. The van der Waals surface area contributed by atoms with Crippen molar-refractivity contribution in [2.45, 2.75) is 76.5 Å². The van der Waals surface area contributed by atoms with E-state index >= 15 is 0 Å². The molecule has 0 spiro atoms. The molecule has 0 aromatic heterocycles. The molecule has 0 aliphatic heterocycles. The van der Waals surface area contributed by atoms with Gasteiger partial charge >= 0.3 is 17.9 Å². The van der Waals surface area contributed by atoms with Crippen LogP contribution in [0.5, 0.6) is 0 Å². The third-order valence-corrected chi connectivity index (χ3v) is 4.83. The minimum Gasteiger partial charge on any atom is -0.481 e. The number of hydrogen-bond donors (Lipinski definition) is 8. The number of primary amides is 1. The molecule has 4 unspecified atom stereocenters. The first-order valence-corrected chi connectivity index (χ1v) is 10.8. The third kappa shape index (κ3) is 12.9. The Hall–Kier alpha value is -3.75. The van der Waals surface area contributed by atoms with Crippen molar-refractivity contribution in [3.05, 3.63) is 0 Å². The molecule has 0 rings (SSSR count). The Balaban J connectivity index is 5.49. The molecule has 4 amide bonds. The zero-order valence-electron chi connectivity index (χ0n) is 19.5. The number of carbonyl (C=O) groups excluding carboxylic acids is 4. The first kappa shape index (κ1) is 31.2. The monoisotopic (exact) mass is 503 g/mol. The van der Waals surface area contributed by atoms with Gasteiger partial charge in [-0.3, -0.25) is 28.8 Å². The largest absolute Gasteiger partial charge is 0.481 e. The standard InChI is InChI=1S/C20H33N5O10/c1-9(2)16(25-17(31)10(21)3-6-13(22)26)19(33)23-11(4-7-14(27)28)18(32)24-12(20(34)35)5-8-15(29)30/h9-12,16H,3-8,21H2,1-2H3,(H2,22,26)(H,23,33)(H,24,32)(H,25,31)(H,27,28)(H,29,30)(H,34,35). The number of hydrogen-bond acceptors (Lipinski definition) is 8. The average Bonchev–Trinajstić information content (AvgIpc) is 2.74. The van der Waals surface area contributed by atoms with Crippen molar-refractivity contribution in [1.82, 2.24) is 16.0 Å². The predicted molar refractivity (Wildman–Crippen MR) is 118 cm³/mol. The Labute approximate surface area is 201 Å². The highest BCUT2D eigenvalue weighted by Gasteiger charge is 2.32. The quantitative estimate of drug-likeness (QED) is 0.103. The van der Waals surface area contributed by atoms with E-state index in [9.17, 15) is 38.7 Å². The fourth-order valence-corrected chi connectivity index (χ4v) is 2.82. The fourth-order valence-electron chi connectivity index (χ4n) is 2.82. The lowest BCUT2D eigenvalue weighted by Gasteiger charge is -2.26. The van der Waals surface area contributed by atoms with Crippen LogP contribution in [0.1, 0.15) is 52.4 Å². The summed E-state index contributed by atoms with van der Waals surface area (Å²) in [4.78, 5) is 81.7. The predicted octanol–water partition coefficient (Wildman–Crippen LogP) is -2.50. The Morgan fingerprint density at radius 2 is 1.17 bits per heavy atom. The molecule has 15 nitrogen and oxygen atoms in total. The first-order valence-electron chi connectivity index (χ1n) is 10.8. The minimum absolute atomic E-state index is 0.0653. The van der Waals surface area contributed by atoms with E-state index in [2.05, 4.69) is 16.0 Å². The molecular weight excluding hydrogens is 470 g/mol. The first-order chi connectivity index (χ1) is 16.1. The van der Waals surface area contributed by atoms with E-state index in [1.165, 1.54) is 0 Å². The van der Waals surface area contributed by atoms with Gasteiger partial charge in [-0.15, -0.1) is 0 Å². The molecule has 0 aliphatic rings. The van der Waals surface area contributed by atoms with Crippen LogP contribution in [-0.4, -0.2) is 81.0 Å². The molecule has 15 heteroatoms. The van der Waals surface area contributed by atoms with Gasteiger partial charge in [0, 0.05) is 19.3 Å². The van der Waals surface area contributed by atoms with E-state index in [1.807, 2.05) is 0 Å². The van der Waals surface area contributed by atoms with Crippen LogP contribution in [0.3, 0.4) is 0 Å². The number of carboxylic acids is 3. The smallest absolute Gasteiger partial charge is 0.326 e. The van der Waals surface area contributed by atoms with Crippen LogP contribution in [0, 0.1) is 5.92 Å².